The second-order valence-electron chi connectivity index (χ2n) is 5.05. The minimum Gasteiger partial charge on any atom is -0.314 e. The fraction of sp³-hybridized carbons (Fsp3) is 1.00. The molecule has 0 radical (unpaired) electrons. The van der Waals surface area contributed by atoms with Crippen LogP contribution in [0.3, 0.4) is 0 Å². The van der Waals surface area contributed by atoms with Crippen LogP contribution >= 0.6 is 0 Å². The molecule has 0 aliphatic heterocycles. The van der Waals surface area contributed by atoms with E-state index in [0.29, 0.717) is 0 Å². The second kappa shape index (κ2) is 11.4. The maximum absolute atomic E-state index is 3.68. The van der Waals surface area contributed by atoms with Gasteiger partial charge in [0, 0.05) is 6.04 Å². The first kappa shape index (κ1) is 16.0. The van der Waals surface area contributed by atoms with E-state index < -0.39 is 0 Å². The molecular weight excluding hydrogens is 194 g/mol. The van der Waals surface area contributed by atoms with Crippen molar-refractivity contribution in [1.82, 2.24) is 5.32 Å². The molecule has 1 unspecified atom stereocenters. The Balaban J connectivity index is 3.65. The van der Waals surface area contributed by atoms with E-state index in [2.05, 4.69) is 33.0 Å². The molecule has 0 aromatic rings. The lowest BCUT2D eigenvalue weighted by Gasteiger charge is -2.19. The minimum atomic E-state index is 0.777. The van der Waals surface area contributed by atoms with Crippen LogP contribution in [0.1, 0.15) is 79.1 Å². The summed E-state index contributed by atoms with van der Waals surface area (Å²) in [6, 6.07) is 0.777. The van der Waals surface area contributed by atoms with Gasteiger partial charge in [0.2, 0.25) is 0 Å². The van der Waals surface area contributed by atoms with E-state index in [9.17, 15) is 0 Å². The highest BCUT2D eigenvalue weighted by atomic mass is 14.9. The van der Waals surface area contributed by atoms with E-state index in [-0.39, 0.29) is 0 Å². The van der Waals surface area contributed by atoms with Crippen LogP contribution in [0.5, 0.6) is 0 Å². The molecule has 0 aliphatic rings. The van der Waals surface area contributed by atoms with E-state index in [1.807, 2.05) is 0 Å². The first-order valence-electron chi connectivity index (χ1n) is 7.51. The molecule has 0 aromatic carbocycles. The van der Waals surface area contributed by atoms with Gasteiger partial charge in [-0.3, -0.25) is 0 Å². The van der Waals surface area contributed by atoms with Crippen LogP contribution in [-0.2, 0) is 0 Å². The maximum Gasteiger partial charge on any atom is 0.00669 e. The molecule has 0 amide bonds. The lowest BCUT2D eigenvalue weighted by atomic mass is 9.94. The standard InChI is InChI=1S/C15H33N/c1-5-10-15(16-13-6-2)12-9-11-14(7-3)8-4/h14-16H,5-13H2,1-4H3. The summed E-state index contributed by atoms with van der Waals surface area (Å²) >= 11 is 0. The van der Waals surface area contributed by atoms with Crippen molar-refractivity contribution < 1.29 is 0 Å². The van der Waals surface area contributed by atoms with Crippen molar-refractivity contribution in [2.24, 2.45) is 5.92 Å². The Morgan fingerprint density at radius 2 is 1.50 bits per heavy atom. The first-order valence-corrected chi connectivity index (χ1v) is 7.51. The van der Waals surface area contributed by atoms with E-state index in [1.165, 1.54) is 57.9 Å². The van der Waals surface area contributed by atoms with Crippen LogP contribution in [0.4, 0.5) is 0 Å². The fourth-order valence-corrected chi connectivity index (χ4v) is 2.40. The molecule has 0 heterocycles. The quantitative estimate of drug-likeness (QED) is 0.536. The predicted octanol–water partition coefficient (Wildman–Crippen LogP) is 4.76. The van der Waals surface area contributed by atoms with Gasteiger partial charge in [0.1, 0.15) is 0 Å². The Bertz CT molecular complexity index is 129. The molecule has 0 aromatic heterocycles. The minimum absolute atomic E-state index is 0.777. The van der Waals surface area contributed by atoms with Crippen LogP contribution in [-0.4, -0.2) is 12.6 Å². The fourth-order valence-electron chi connectivity index (χ4n) is 2.40. The largest absolute Gasteiger partial charge is 0.314 e. The summed E-state index contributed by atoms with van der Waals surface area (Å²) in [6.45, 7) is 10.4. The van der Waals surface area contributed by atoms with Crippen molar-refractivity contribution >= 4 is 0 Å². The van der Waals surface area contributed by atoms with Crippen LogP contribution in [0.25, 0.3) is 0 Å². The average Bonchev–Trinajstić information content (AvgIpc) is 2.31. The average molecular weight is 227 g/mol. The zero-order chi connectivity index (χ0) is 12.2. The van der Waals surface area contributed by atoms with Crippen molar-refractivity contribution in [2.45, 2.75) is 85.1 Å². The second-order valence-corrected chi connectivity index (χ2v) is 5.05. The van der Waals surface area contributed by atoms with E-state index >= 15 is 0 Å². The van der Waals surface area contributed by atoms with Crippen LogP contribution in [0, 0.1) is 5.92 Å². The summed E-state index contributed by atoms with van der Waals surface area (Å²) < 4.78 is 0. The van der Waals surface area contributed by atoms with E-state index in [1.54, 1.807) is 0 Å². The summed E-state index contributed by atoms with van der Waals surface area (Å²) in [5.74, 6) is 0.966. The molecule has 1 N–H and O–H groups in total. The lowest BCUT2D eigenvalue weighted by molar-refractivity contribution is 0.385. The van der Waals surface area contributed by atoms with Gasteiger partial charge in [0.25, 0.3) is 0 Å². The van der Waals surface area contributed by atoms with Crippen molar-refractivity contribution in [2.75, 3.05) is 6.54 Å². The Kier molecular flexibility index (Phi) is 11.4. The number of nitrogens with one attached hydrogen (secondary N) is 1. The van der Waals surface area contributed by atoms with Crippen molar-refractivity contribution in [3.05, 3.63) is 0 Å². The zero-order valence-corrected chi connectivity index (χ0v) is 12.0. The molecule has 0 aliphatic carbocycles. The third-order valence-electron chi connectivity index (χ3n) is 3.64. The van der Waals surface area contributed by atoms with Gasteiger partial charge in [-0.2, -0.15) is 0 Å². The highest BCUT2D eigenvalue weighted by Gasteiger charge is 2.08. The summed E-state index contributed by atoms with van der Waals surface area (Å²) in [5, 5.41) is 3.68. The summed E-state index contributed by atoms with van der Waals surface area (Å²) in [4.78, 5) is 0. The van der Waals surface area contributed by atoms with Gasteiger partial charge >= 0.3 is 0 Å². The topological polar surface area (TPSA) is 12.0 Å². The normalized spacial score (nSPS) is 13.3. The van der Waals surface area contributed by atoms with Crippen LogP contribution < -0.4 is 5.32 Å². The van der Waals surface area contributed by atoms with Crippen molar-refractivity contribution in [3.8, 4) is 0 Å². The predicted molar refractivity (Wildman–Crippen MR) is 74.9 cm³/mol. The smallest absolute Gasteiger partial charge is 0.00669 e. The molecule has 0 saturated heterocycles. The molecule has 1 atom stereocenters. The highest BCUT2D eigenvalue weighted by Crippen LogP contribution is 2.17. The molecule has 0 fully saturated rings. The van der Waals surface area contributed by atoms with Gasteiger partial charge in [-0.1, -0.05) is 59.8 Å². The van der Waals surface area contributed by atoms with E-state index in [4.69, 9.17) is 0 Å². The SMILES string of the molecule is CCCNC(CCC)CCCC(CC)CC. The molecule has 0 saturated carbocycles. The Hall–Kier alpha value is -0.0400. The van der Waals surface area contributed by atoms with Crippen LogP contribution in [0.15, 0.2) is 0 Å². The van der Waals surface area contributed by atoms with Gasteiger partial charge in [0.15, 0.2) is 0 Å². The highest BCUT2D eigenvalue weighted by molar-refractivity contribution is 4.67. The molecule has 1 nitrogen and oxygen atoms in total. The van der Waals surface area contributed by atoms with Gasteiger partial charge < -0.3 is 5.32 Å². The third kappa shape index (κ3) is 8.15. The summed E-state index contributed by atoms with van der Waals surface area (Å²) in [7, 11) is 0. The van der Waals surface area contributed by atoms with Gasteiger partial charge in [-0.15, -0.1) is 0 Å². The van der Waals surface area contributed by atoms with Crippen LogP contribution in [0.2, 0.25) is 0 Å². The number of hydrogen-bond acceptors (Lipinski definition) is 1. The van der Waals surface area contributed by atoms with Gasteiger partial charge in [-0.25, -0.2) is 0 Å². The number of hydrogen-bond donors (Lipinski definition) is 1. The molecular formula is C15H33N. The van der Waals surface area contributed by atoms with Crippen molar-refractivity contribution in [3.63, 3.8) is 0 Å². The number of rotatable bonds is 11. The Labute approximate surface area is 103 Å². The molecule has 16 heavy (non-hydrogen) atoms. The molecule has 1 heteroatoms. The third-order valence-corrected chi connectivity index (χ3v) is 3.64. The summed E-state index contributed by atoms with van der Waals surface area (Å²) in [6.07, 6.45) is 10.9. The zero-order valence-electron chi connectivity index (χ0n) is 12.0. The Morgan fingerprint density at radius 3 is 2.00 bits per heavy atom. The maximum atomic E-state index is 3.68. The molecule has 0 rings (SSSR count). The monoisotopic (exact) mass is 227 g/mol. The first-order chi connectivity index (χ1) is 7.78. The van der Waals surface area contributed by atoms with Crippen molar-refractivity contribution in [1.29, 1.82) is 0 Å². The summed E-state index contributed by atoms with van der Waals surface area (Å²) in [5.41, 5.74) is 0. The molecule has 0 spiro atoms. The lowest BCUT2D eigenvalue weighted by Crippen LogP contribution is -2.29. The molecule has 98 valence electrons. The Morgan fingerprint density at radius 1 is 0.812 bits per heavy atom. The van der Waals surface area contributed by atoms with Gasteiger partial charge in [-0.05, 0) is 31.7 Å². The van der Waals surface area contributed by atoms with E-state index in [0.717, 1.165) is 12.0 Å². The van der Waals surface area contributed by atoms with Gasteiger partial charge in [0.05, 0.1) is 0 Å². The molecule has 0 bridgehead atoms.